The molecule has 1 aliphatic rings. The van der Waals surface area contributed by atoms with Gasteiger partial charge in [0.1, 0.15) is 0 Å². The van der Waals surface area contributed by atoms with Gasteiger partial charge in [0.05, 0.1) is 12.3 Å². The van der Waals surface area contributed by atoms with E-state index in [1.807, 2.05) is 65.8 Å². The summed E-state index contributed by atoms with van der Waals surface area (Å²) in [6.07, 6.45) is 4.09. The Kier molecular flexibility index (Phi) is 6.34. The highest BCUT2D eigenvalue weighted by Gasteiger charge is 2.28. The minimum absolute atomic E-state index is 0.000430. The van der Waals surface area contributed by atoms with Gasteiger partial charge in [0, 0.05) is 23.7 Å². The number of likely N-dealkylation sites (tertiary alicyclic amines) is 1. The Morgan fingerprint density at radius 1 is 1.15 bits per heavy atom. The number of anilines is 1. The van der Waals surface area contributed by atoms with Crippen LogP contribution in [0.2, 0.25) is 0 Å². The third-order valence-corrected chi connectivity index (χ3v) is 5.41. The summed E-state index contributed by atoms with van der Waals surface area (Å²) in [7, 11) is 0. The Morgan fingerprint density at radius 3 is 2.73 bits per heavy atom. The van der Waals surface area contributed by atoms with Crippen molar-refractivity contribution in [1.82, 2.24) is 4.90 Å². The lowest BCUT2D eigenvalue weighted by Gasteiger charge is -2.32. The zero-order valence-corrected chi connectivity index (χ0v) is 15.8. The summed E-state index contributed by atoms with van der Waals surface area (Å²) >= 11 is 1.65. The fraction of sp³-hybridized carbons (Fsp3) is 0.333. The van der Waals surface area contributed by atoms with Crippen molar-refractivity contribution >= 4 is 29.3 Å². The third-order valence-electron chi connectivity index (χ3n) is 4.68. The molecule has 0 spiro atoms. The van der Waals surface area contributed by atoms with Gasteiger partial charge in [-0.05, 0) is 42.9 Å². The van der Waals surface area contributed by atoms with Crippen molar-refractivity contribution in [3.8, 4) is 0 Å². The first-order chi connectivity index (χ1) is 12.7. The highest BCUT2D eigenvalue weighted by molar-refractivity contribution is 7.98. The Morgan fingerprint density at radius 2 is 1.96 bits per heavy atom. The number of thioether (sulfide) groups is 1. The second-order valence-electron chi connectivity index (χ2n) is 6.56. The summed E-state index contributed by atoms with van der Waals surface area (Å²) in [6.45, 7) is 1.23. The second kappa shape index (κ2) is 8.90. The molecule has 4 nitrogen and oxygen atoms in total. The molecule has 1 atom stereocenters. The van der Waals surface area contributed by atoms with Crippen LogP contribution in [-0.4, -0.2) is 36.1 Å². The summed E-state index contributed by atoms with van der Waals surface area (Å²) in [5, 5.41) is 3.01. The molecule has 26 heavy (non-hydrogen) atoms. The Balaban J connectivity index is 1.58. The molecule has 136 valence electrons. The Labute approximate surface area is 159 Å². The molecule has 1 fully saturated rings. The molecule has 1 aliphatic heterocycles. The van der Waals surface area contributed by atoms with E-state index in [4.69, 9.17) is 0 Å². The molecule has 1 saturated heterocycles. The van der Waals surface area contributed by atoms with Gasteiger partial charge in [0.15, 0.2) is 0 Å². The zero-order valence-electron chi connectivity index (χ0n) is 15.0. The highest BCUT2D eigenvalue weighted by atomic mass is 32.2. The summed E-state index contributed by atoms with van der Waals surface area (Å²) in [5.74, 6) is -0.0556. The van der Waals surface area contributed by atoms with E-state index < -0.39 is 0 Å². The minimum Gasteiger partial charge on any atom is -0.342 e. The maximum atomic E-state index is 12.6. The topological polar surface area (TPSA) is 49.4 Å². The summed E-state index contributed by atoms with van der Waals surface area (Å²) in [6, 6.07) is 17.6. The van der Waals surface area contributed by atoms with Crippen LogP contribution in [0.1, 0.15) is 18.4 Å². The van der Waals surface area contributed by atoms with Crippen LogP contribution in [-0.2, 0) is 16.0 Å². The average molecular weight is 369 g/mol. The number of benzene rings is 2. The van der Waals surface area contributed by atoms with Gasteiger partial charge in [0.2, 0.25) is 11.8 Å². The van der Waals surface area contributed by atoms with Crippen molar-refractivity contribution in [1.29, 1.82) is 0 Å². The molecular weight excluding hydrogens is 344 g/mol. The van der Waals surface area contributed by atoms with Crippen molar-refractivity contribution in [3.63, 3.8) is 0 Å². The lowest BCUT2D eigenvalue weighted by molar-refractivity contribution is -0.133. The number of nitrogens with one attached hydrogen (secondary N) is 1. The number of hydrogen-bond acceptors (Lipinski definition) is 3. The first-order valence-electron chi connectivity index (χ1n) is 8.92. The van der Waals surface area contributed by atoms with Crippen molar-refractivity contribution in [2.45, 2.75) is 24.2 Å². The lowest BCUT2D eigenvalue weighted by atomic mass is 9.96. The van der Waals surface area contributed by atoms with Gasteiger partial charge in [-0.1, -0.05) is 36.4 Å². The van der Waals surface area contributed by atoms with Gasteiger partial charge in [-0.2, -0.15) is 0 Å². The average Bonchev–Trinajstić information content (AvgIpc) is 2.69. The van der Waals surface area contributed by atoms with E-state index in [9.17, 15) is 9.59 Å². The molecule has 5 heteroatoms. The van der Waals surface area contributed by atoms with E-state index in [0.29, 0.717) is 13.0 Å². The summed E-state index contributed by atoms with van der Waals surface area (Å²) < 4.78 is 0. The number of carbonyl (C=O) groups is 2. The van der Waals surface area contributed by atoms with Crippen molar-refractivity contribution in [2.75, 3.05) is 24.7 Å². The van der Waals surface area contributed by atoms with Crippen LogP contribution in [0, 0.1) is 5.92 Å². The van der Waals surface area contributed by atoms with Crippen LogP contribution in [0.5, 0.6) is 0 Å². The predicted octanol–water partition coefficient (Wildman–Crippen LogP) is 3.83. The van der Waals surface area contributed by atoms with Crippen molar-refractivity contribution in [2.24, 2.45) is 5.92 Å². The van der Waals surface area contributed by atoms with Crippen LogP contribution in [0.3, 0.4) is 0 Å². The van der Waals surface area contributed by atoms with Gasteiger partial charge >= 0.3 is 0 Å². The number of amides is 2. The van der Waals surface area contributed by atoms with E-state index in [-0.39, 0.29) is 17.7 Å². The van der Waals surface area contributed by atoms with Crippen LogP contribution in [0.25, 0.3) is 0 Å². The lowest BCUT2D eigenvalue weighted by Crippen LogP contribution is -2.44. The normalized spacial score (nSPS) is 17.0. The molecule has 2 amide bonds. The van der Waals surface area contributed by atoms with Gasteiger partial charge in [-0.15, -0.1) is 11.8 Å². The predicted molar refractivity (Wildman–Crippen MR) is 106 cm³/mol. The van der Waals surface area contributed by atoms with E-state index >= 15 is 0 Å². The first-order valence-corrected chi connectivity index (χ1v) is 10.1. The second-order valence-corrected chi connectivity index (χ2v) is 7.44. The molecule has 0 saturated carbocycles. The number of nitrogens with zero attached hydrogens (tertiary/aromatic N) is 1. The Bertz CT molecular complexity index is 764. The van der Waals surface area contributed by atoms with E-state index in [2.05, 4.69) is 5.32 Å². The summed E-state index contributed by atoms with van der Waals surface area (Å²) in [4.78, 5) is 28.2. The first kappa shape index (κ1) is 18.5. The summed E-state index contributed by atoms with van der Waals surface area (Å²) in [5.41, 5.74) is 1.83. The standard InChI is InChI=1S/C21H24N2O2S/c1-26-19-11-5-10-18(14-19)22-21(25)17-9-6-12-23(15-17)20(24)13-16-7-3-2-4-8-16/h2-5,7-8,10-11,14,17H,6,9,12-13,15H2,1H3,(H,22,25). The van der Waals surface area contributed by atoms with Crippen LogP contribution in [0.4, 0.5) is 5.69 Å². The molecule has 1 unspecified atom stereocenters. The third kappa shape index (κ3) is 4.88. The SMILES string of the molecule is CSc1cccc(NC(=O)C2CCCN(C(=O)Cc3ccccc3)C2)c1. The highest BCUT2D eigenvalue weighted by Crippen LogP contribution is 2.22. The number of carbonyl (C=O) groups excluding carboxylic acids is 2. The molecular formula is C21H24N2O2S. The molecule has 1 N–H and O–H groups in total. The van der Waals surface area contributed by atoms with Crippen LogP contribution < -0.4 is 5.32 Å². The molecule has 0 radical (unpaired) electrons. The van der Waals surface area contributed by atoms with Crippen molar-refractivity contribution < 1.29 is 9.59 Å². The zero-order chi connectivity index (χ0) is 18.4. The van der Waals surface area contributed by atoms with Gasteiger partial charge in [0.25, 0.3) is 0 Å². The van der Waals surface area contributed by atoms with Gasteiger partial charge in [-0.3, -0.25) is 9.59 Å². The van der Waals surface area contributed by atoms with Crippen LogP contribution in [0.15, 0.2) is 59.5 Å². The maximum absolute atomic E-state index is 12.6. The molecule has 1 heterocycles. The number of hydrogen-bond donors (Lipinski definition) is 1. The van der Waals surface area contributed by atoms with Gasteiger partial charge in [-0.25, -0.2) is 0 Å². The fourth-order valence-corrected chi connectivity index (χ4v) is 3.70. The quantitative estimate of drug-likeness (QED) is 0.816. The molecule has 2 aromatic carbocycles. The fourth-order valence-electron chi connectivity index (χ4n) is 3.25. The van der Waals surface area contributed by atoms with E-state index in [1.165, 1.54) is 0 Å². The number of piperidine rings is 1. The van der Waals surface area contributed by atoms with Crippen LogP contribution >= 0.6 is 11.8 Å². The van der Waals surface area contributed by atoms with E-state index in [1.54, 1.807) is 11.8 Å². The molecule has 0 aliphatic carbocycles. The minimum atomic E-state index is -0.151. The van der Waals surface area contributed by atoms with Crippen molar-refractivity contribution in [3.05, 3.63) is 60.2 Å². The largest absolute Gasteiger partial charge is 0.342 e. The maximum Gasteiger partial charge on any atom is 0.229 e. The molecule has 0 bridgehead atoms. The van der Waals surface area contributed by atoms with Gasteiger partial charge < -0.3 is 10.2 Å². The number of rotatable bonds is 5. The molecule has 2 aromatic rings. The molecule has 3 rings (SSSR count). The molecule has 0 aromatic heterocycles. The van der Waals surface area contributed by atoms with E-state index in [0.717, 1.165) is 35.5 Å². The smallest absolute Gasteiger partial charge is 0.229 e. The monoisotopic (exact) mass is 368 g/mol. The Hall–Kier alpha value is -2.27.